The highest BCUT2D eigenvalue weighted by molar-refractivity contribution is 7.89. The summed E-state index contributed by atoms with van der Waals surface area (Å²) < 4.78 is 31.2. The normalized spacial score (nSPS) is 16.7. The summed E-state index contributed by atoms with van der Waals surface area (Å²) in [5, 5.41) is 9.20. The first-order valence-corrected chi connectivity index (χ1v) is 10.6. The number of carbonyl (C=O) groups is 1. The van der Waals surface area contributed by atoms with Crippen LogP contribution in [0.25, 0.3) is 0 Å². The standard InChI is InChI=1S/C18H28N2O5S/c1-3-26(23,24)20-9-7-16(8-10-20)19(14-18(21)22)11-12-25-17-6-4-5-15(2)13-17/h4-6,13,16H,3,7-12,14H2,1-2H3,(H,21,22). The van der Waals surface area contributed by atoms with Gasteiger partial charge in [-0.25, -0.2) is 12.7 Å². The number of aliphatic carboxylic acids is 1. The van der Waals surface area contributed by atoms with Crippen LogP contribution in [-0.2, 0) is 14.8 Å². The molecule has 2 rings (SSSR count). The van der Waals surface area contributed by atoms with Crippen molar-refractivity contribution >= 4 is 16.0 Å². The minimum atomic E-state index is -3.18. The average Bonchev–Trinajstić information content (AvgIpc) is 2.61. The Hall–Kier alpha value is -1.64. The molecule has 0 amide bonds. The number of hydrogen-bond acceptors (Lipinski definition) is 5. The second kappa shape index (κ2) is 9.34. The van der Waals surface area contributed by atoms with Crippen LogP contribution in [0.15, 0.2) is 24.3 Å². The fourth-order valence-electron chi connectivity index (χ4n) is 3.22. The molecule has 1 fully saturated rings. The van der Waals surface area contributed by atoms with E-state index in [0.717, 1.165) is 11.3 Å². The summed E-state index contributed by atoms with van der Waals surface area (Å²) in [4.78, 5) is 13.1. The van der Waals surface area contributed by atoms with E-state index >= 15 is 0 Å². The second-order valence-corrected chi connectivity index (χ2v) is 8.82. The van der Waals surface area contributed by atoms with Crippen LogP contribution in [0, 0.1) is 6.92 Å². The number of nitrogens with zero attached hydrogens (tertiary/aromatic N) is 2. The van der Waals surface area contributed by atoms with E-state index in [9.17, 15) is 18.3 Å². The maximum atomic E-state index is 12.0. The van der Waals surface area contributed by atoms with Gasteiger partial charge in [-0.3, -0.25) is 9.69 Å². The first-order valence-electron chi connectivity index (χ1n) is 8.95. The van der Waals surface area contributed by atoms with Gasteiger partial charge in [0.25, 0.3) is 0 Å². The van der Waals surface area contributed by atoms with Crippen molar-refractivity contribution in [2.45, 2.75) is 32.7 Å². The van der Waals surface area contributed by atoms with Gasteiger partial charge >= 0.3 is 5.97 Å². The number of carboxylic acid groups (broad SMARTS) is 1. The zero-order valence-corrected chi connectivity index (χ0v) is 16.2. The molecule has 8 heteroatoms. The van der Waals surface area contributed by atoms with Gasteiger partial charge in [-0.15, -0.1) is 0 Å². The SMILES string of the molecule is CCS(=O)(=O)N1CCC(N(CCOc2cccc(C)c2)CC(=O)O)CC1. The molecule has 0 unspecified atom stereocenters. The molecule has 1 saturated heterocycles. The van der Waals surface area contributed by atoms with E-state index in [4.69, 9.17) is 4.74 Å². The van der Waals surface area contributed by atoms with Crippen molar-refractivity contribution in [1.82, 2.24) is 9.21 Å². The summed E-state index contributed by atoms with van der Waals surface area (Å²) in [7, 11) is -3.18. The van der Waals surface area contributed by atoms with Crippen molar-refractivity contribution in [1.29, 1.82) is 0 Å². The quantitative estimate of drug-likeness (QED) is 0.695. The number of rotatable bonds is 9. The maximum Gasteiger partial charge on any atom is 0.317 e. The fraction of sp³-hybridized carbons (Fsp3) is 0.611. The number of sulfonamides is 1. The van der Waals surface area contributed by atoms with Crippen LogP contribution in [0.3, 0.4) is 0 Å². The van der Waals surface area contributed by atoms with E-state index in [1.807, 2.05) is 36.1 Å². The molecule has 0 saturated carbocycles. The van der Waals surface area contributed by atoms with Crippen LogP contribution in [0.1, 0.15) is 25.3 Å². The van der Waals surface area contributed by atoms with E-state index in [1.54, 1.807) is 6.92 Å². The number of aryl methyl sites for hydroxylation is 1. The van der Waals surface area contributed by atoms with E-state index in [0.29, 0.717) is 39.1 Å². The van der Waals surface area contributed by atoms with Crippen LogP contribution in [-0.4, -0.2) is 73.3 Å². The molecule has 0 radical (unpaired) electrons. The minimum Gasteiger partial charge on any atom is -0.492 e. The number of benzene rings is 1. The molecule has 1 aliphatic heterocycles. The van der Waals surface area contributed by atoms with E-state index in [-0.39, 0.29) is 18.3 Å². The van der Waals surface area contributed by atoms with Crippen LogP contribution >= 0.6 is 0 Å². The third kappa shape index (κ3) is 5.96. The Kier molecular flexibility index (Phi) is 7.43. The topological polar surface area (TPSA) is 87.2 Å². The maximum absolute atomic E-state index is 12.0. The molecule has 0 spiro atoms. The summed E-state index contributed by atoms with van der Waals surface area (Å²) in [6.07, 6.45) is 1.27. The molecule has 1 heterocycles. The van der Waals surface area contributed by atoms with E-state index in [2.05, 4.69) is 0 Å². The molecule has 1 aromatic rings. The van der Waals surface area contributed by atoms with Gasteiger partial charge in [-0.2, -0.15) is 0 Å². The van der Waals surface area contributed by atoms with Crippen molar-refractivity contribution in [2.24, 2.45) is 0 Å². The highest BCUT2D eigenvalue weighted by atomic mass is 32.2. The first-order chi connectivity index (χ1) is 12.3. The Labute approximate surface area is 155 Å². The van der Waals surface area contributed by atoms with E-state index in [1.165, 1.54) is 4.31 Å². The zero-order valence-electron chi connectivity index (χ0n) is 15.4. The number of carboxylic acids is 1. The highest BCUT2D eigenvalue weighted by Crippen LogP contribution is 2.19. The molecule has 0 aromatic heterocycles. The predicted molar refractivity (Wildman–Crippen MR) is 99.9 cm³/mol. The van der Waals surface area contributed by atoms with Gasteiger partial charge < -0.3 is 9.84 Å². The lowest BCUT2D eigenvalue weighted by Crippen LogP contribution is -2.49. The second-order valence-electron chi connectivity index (χ2n) is 6.56. The van der Waals surface area contributed by atoms with Crippen LogP contribution in [0.2, 0.25) is 0 Å². The Bertz CT molecular complexity index is 699. The molecule has 0 bridgehead atoms. The number of ether oxygens (including phenoxy) is 1. The van der Waals surface area contributed by atoms with Gasteiger partial charge in [0.2, 0.25) is 10.0 Å². The van der Waals surface area contributed by atoms with Gasteiger partial charge in [0.15, 0.2) is 0 Å². The van der Waals surface area contributed by atoms with Gasteiger partial charge in [0.1, 0.15) is 12.4 Å². The third-order valence-corrected chi connectivity index (χ3v) is 6.55. The monoisotopic (exact) mass is 384 g/mol. The lowest BCUT2D eigenvalue weighted by molar-refractivity contribution is -0.139. The molecular formula is C18H28N2O5S. The van der Waals surface area contributed by atoms with Crippen molar-refractivity contribution in [3.8, 4) is 5.75 Å². The number of hydrogen-bond donors (Lipinski definition) is 1. The minimum absolute atomic E-state index is 0.0514. The van der Waals surface area contributed by atoms with Gasteiger partial charge in [-0.1, -0.05) is 12.1 Å². The first kappa shape index (κ1) is 20.7. The molecule has 146 valence electrons. The van der Waals surface area contributed by atoms with Crippen molar-refractivity contribution in [3.63, 3.8) is 0 Å². The third-order valence-electron chi connectivity index (χ3n) is 4.67. The Balaban J connectivity index is 1.90. The largest absolute Gasteiger partial charge is 0.492 e. The Morgan fingerprint density at radius 3 is 2.62 bits per heavy atom. The zero-order chi connectivity index (χ0) is 19.2. The summed E-state index contributed by atoms with van der Waals surface area (Å²) >= 11 is 0. The average molecular weight is 384 g/mol. The van der Waals surface area contributed by atoms with Crippen molar-refractivity contribution in [3.05, 3.63) is 29.8 Å². The van der Waals surface area contributed by atoms with Crippen molar-refractivity contribution in [2.75, 3.05) is 38.5 Å². The summed E-state index contributed by atoms with van der Waals surface area (Å²) in [6.45, 7) is 5.33. The molecule has 7 nitrogen and oxygen atoms in total. The molecule has 1 aliphatic rings. The Morgan fingerprint density at radius 2 is 2.04 bits per heavy atom. The molecular weight excluding hydrogens is 356 g/mol. The summed E-state index contributed by atoms with van der Waals surface area (Å²) in [6, 6.07) is 7.78. The molecule has 26 heavy (non-hydrogen) atoms. The van der Waals surface area contributed by atoms with Gasteiger partial charge in [0, 0.05) is 25.7 Å². The lowest BCUT2D eigenvalue weighted by Gasteiger charge is -2.37. The summed E-state index contributed by atoms with van der Waals surface area (Å²) in [5.41, 5.74) is 1.11. The van der Waals surface area contributed by atoms with E-state index < -0.39 is 16.0 Å². The predicted octanol–water partition coefficient (Wildman–Crippen LogP) is 1.57. The van der Waals surface area contributed by atoms with Crippen LogP contribution in [0.5, 0.6) is 5.75 Å². The molecule has 0 atom stereocenters. The summed E-state index contributed by atoms with van der Waals surface area (Å²) in [5.74, 6) is -0.0193. The fourth-order valence-corrected chi connectivity index (χ4v) is 4.35. The van der Waals surface area contributed by atoms with Gasteiger partial charge in [-0.05, 0) is 44.4 Å². The molecule has 1 aromatic carbocycles. The Morgan fingerprint density at radius 1 is 1.35 bits per heavy atom. The van der Waals surface area contributed by atoms with Crippen molar-refractivity contribution < 1.29 is 23.1 Å². The molecule has 0 aliphatic carbocycles. The molecule has 1 N–H and O–H groups in total. The van der Waals surface area contributed by atoms with Gasteiger partial charge in [0.05, 0.1) is 12.3 Å². The highest BCUT2D eigenvalue weighted by Gasteiger charge is 2.30. The number of piperidine rings is 1. The van der Waals surface area contributed by atoms with Crippen LogP contribution in [0.4, 0.5) is 0 Å². The lowest BCUT2D eigenvalue weighted by atomic mass is 10.0. The van der Waals surface area contributed by atoms with Crippen LogP contribution < -0.4 is 4.74 Å². The smallest absolute Gasteiger partial charge is 0.317 e.